The van der Waals surface area contributed by atoms with Crippen molar-refractivity contribution >= 4 is 45.7 Å². The molecule has 178 valence electrons. The second-order valence-electron chi connectivity index (χ2n) is 8.97. The highest BCUT2D eigenvalue weighted by Gasteiger charge is 2.46. The van der Waals surface area contributed by atoms with E-state index in [9.17, 15) is 13.6 Å². The Balaban J connectivity index is 1.42. The normalized spacial score (nSPS) is 16.0. The molecule has 3 heterocycles. The molecule has 0 saturated heterocycles. The number of aromatic nitrogens is 3. The molecule has 0 radical (unpaired) electrons. The highest BCUT2D eigenvalue weighted by Crippen LogP contribution is 2.50. The van der Waals surface area contributed by atoms with Crippen molar-refractivity contribution in [1.29, 1.82) is 0 Å². The molecule has 1 saturated carbocycles. The number of para-hydroxylation sites is 1. The van der Waals surface area contributed by atoms with Crippen LogP contribution in [0, 0.1) is 0 Å². The van der Waals surface area contributed by atoms with Crippen LogP contribution in [0.3, 0.4) is 0 Å². The predicted octanol–water partition coefficient (Wildman–Crippen LogP) is 5.90. The van der Waals surface area contributed by atoms with Crippen LogP contribution in [-0.4, -0.2) is 21.1 Å². The summed E-state index contributed by atoms with van der Waals surface area (Å²) in [7, 11) is 0. The first kappa shape index (κ1) is 22.4. The van der Waals surface area contributed by atoms with Crippen molar-refractivity contribution in [1.82, 2.24) is 19.9 Å². The number of hydrogen-bond acceptors (Lipinski definition) is 5. The van der Waals surface area contributed by atoms with Crippen LogP contribution in [-0.2, 0) is 12.0 Å². The molecule has 35 heavy (non-hydrogen) atoms. The Morgan fingerprint density at radius 2 is 1.91 bits per heavy atom. The molecule has 0 unspecified atom stereocenters. The first-order valence-electron chi connectivity index (χ1n) is 11.1. The number of hydrogen-bond donors (Lipinski definition) is 2. The Bertz CT molecular complexity index is 1530. The SMILES string of the molecule is O=c1c2cnc(Nc3ccc4c(c3)CNCC43CC3)nc2c(C(F)F)cn1-c1c(Cl)cccc1Cl. The van der Waals surface area contributed by atoms with Gasteiger partial charge in [0.15, 0.2) is 0 Å². The monoisotopic (exact) mass is 513 g/mol. The highest BCUT2D eigenvalue weighted by atomic mass is 35.5. The second-order valence-corrected chi connectivity index (χ2v) is 9.78. The smallest absolute Gasteiger partial charge is 0.267 e. The summed E-state index contributed by atoms with van der Waals surface area (Å²) in [6.45, 7) is 1.76. The molecule has 2 aromatic carbocycles. The number of benzene rings is 2. The number of halogens is 4. The first-order valence-corrected chi connectivity index (χ1v) is 11.9. The van der Waals surface area contributed by atoms with E-state index in [0.717, 1.165) is 29.5 Å². The van der Waals surface area contributed by atoms with Crippen LogP contribution in [0.4, 0.5) is 20.4 Å². The van der Waals surface area contributed by atoms with Gasteiger partial charge in [0.2, 0.25) is 5.95 Å². The molecule has 0 bridgehead atoms. The van der Waals surface area contributed by atoms with Crippen molar-refractivity contribution in [3.05, 3.63) is 85.9 Å². The fraction of sp³-hybridized carbons (Fsp3) is 0.240. The van der Waals surface area contributed by atoms with Gasteiger partial charge in [-0.25, -0.2) is 18.7 Å². The average molecular weight is 514 g/mol. The van der Waals surface area contributed by atoms with E-state index < -0.39 is 17.5 Å². The maximum Gasteiger partial charge on any atom is 0.267 e. The number of alkyl halides is 2. The van der Waals surface area contributed by atoms with Crippen molar-refractivity contribution in [2.45, 2.75) is 31.2 Å². The molecule has 0 amide bonds. The summed E-state index contributed by atoms with van der Waals surface area (Å²) in [6, 6.07) is 10.8. The lowest BCUT2D eigenvalue weighted by Crippen LogP contribution is -2.33. The van der Waals surface area contributed by atoms with E-state index in [4.69, 9.17) is 23.2 Å². The van der Waals surface area contributed by atoms with Crippen molar-refractivity contribution in [3.63, 3.8) is 0 Å². The fourth-order valence-electron chi connectivity index (χ4n) is 4.85. The summed E-state index contributed by atoms with van der Waals surface area (Å²) < 4.78 is 29.2. The van der Waals surface area contributed by atoms with Crippen molar-refractivity contribution < 1.29 is 8.78 Å². The van der Waals surface area contributed by atoms with E-state index in [1.54, 1.807) is 6.07 Å². The molecule has 1 fully saturated rings. The Morgan fingerprint density at radius 1 is 1.14 bits per heavy atom. The molecule has 2 aliphatic rings. The van der Waals surface area contributed by atoms with Crippen molar-refractivity contribution in [2.75, 3.05) is 11.9 Å². The van der Waals surface area contributed by atoms with Gasteiger partial charge in [-0.2, -0.15) is 0 Å². The van der Waals surface area contributed by atoms with Crippen LogP contribution < -0.4 is 16.2 Å². The van der Waals surface area contributed by atoms with Crippen LogP contribution in [0.5, 0.6) is 0 Å². The Morgan fingerprint density at radius 3 is 2.63 bits per heavy atom. The highest BCUT2D eigenvalue weighted by molar-refractivity contribution is 6.37. The summed E-state index contributed by atoms with van der Waals surface area (Å²) >= 11 is 12.5. The number of nitrogens with one attached hydrogen (secondary N) is 2. The lowest BCUT2D eigenvalue weighted by atomic mass is 9.88. The van der Waals surface area contributed by atoms with Gasteiger partial charge in [0, 0.05) is 36.6 Å². The summed E-state index contributed by atoms with van der Waals surface area (Å²) in [5, 5.41) is 6.82. The average Bonchev–Trinajstić information content (AvgIpc) is 3.60. The molecular weight excluding hydrogens is 495 g/mol. The van der Waals surface area contributed by atoms with E-state index in [-0.39, 0.29) is 38.0 Å². The number of anilines is 2. The van der Waals surface area contributed by atoms with Gasteiger partial charge in [-0.05, 0) is 48.2 Å². The van der Waals surface area contributed by atoms with E-state index in [1.807, 2.05) is 12.1 Å². The third-order valence-corrected chi connectivity index (χ3v) is 7.37. The molecule has 1 aliphatic heterocycles. The van der Waals surface area contributed by atoms with Crippen molar-refractivity contribution in [2.24, 2.45) is 0 Å². The van der Waals surface area contributed by atoms with Gasteiger partial charge < -0.3 is 10.6 Å². The largest absolute Gasteiger partial charge is 0.324 e. The van der Waals surface area contributed by atoms with Gasteiger partial charge in [0.25, 0.3) is 12.0 Å². The van der Waals surface area contributed by atoms with Crippen LogP contribution in [0.2, 0.25) is 10.0 Å². The van der Waals surface area contributed by atoms with Crippen LogP contribution in [0.25, 0.3) is 16.6 Å². The van der Waals surface area contributed by atoms with Gasteiger partial charge in [0.1, 0.15) is 0 Å². The fourth-order valence-corrected chi connectivity index (χ4v) is 5.42. The standard InChI is InChI=1S/C25H19Cl2F2N5O/c26-18-2-1-3-19(27)21(18)34-11-16(22(28)29)20-15(23(34)35)10-31-24(33-20)32-14-4-5-17-13(8-14)9-30-12-25(17)6-7-25/h1-5,8,10-11,22,30H,6-7,9,12H2,(H,31,32,33). The summed E-state index contributed by atoms with van der Waals surface area (Å²) in [4.78, 5) is 21.7. The number of nitrogens with zero attached hydrogens (tertiary/aromatic N) is 3. The quantitative estimate of drug-likeness (QED) is 0.355. The van der Waals surface area contributed by atoms with E-state index in [1.165, 1.54) is 42.3 Å². The summed E-state index contributed by atoms with van der Waals surface area (Å²) in [5.41, 5.74) is 2.54. The third kappa shape index (κ3) is 3.76. The van der Waals surface area contributed by atoms with Crippen LogP contribution in [0.1, 0.15) is 36.0 Å². The topological polar surface area (TPSA) is 71.8 Å². The predicted molar refractivity (Wildman–Crippen MR) is 132 cm³/mol. The third-order valence-electron chi connectivity index (χ3n) is 6.76. The molecular formula is C25H19Cl2F2N5O. The van der Waals surface area contributed by atoms with Gasteiger partial charge in [-0.3, -0.25) is 9.36 Å². The van der Waals surface area contributed by atoms with E-state index >= 15 is 0 Å². The lowest BCUT2D eigenvalue weighted by Gasteiger charge is -2.26. The van der Waals surface area contributed by atoms with E-state index in [2.05, 4.69) is 26.7 Å². The molecule has 2 aromatic heterocycles. The molecule has 1 aliphatic carbocycles. The zero-order valence-electron chi connectivity index (χ0n) is 18.3. The molecule has 2 N–H and O–H groups in total. The Hall–Kier alpha value is -3.07. The Labute approximate surface area is 208 Å². The summed E-state index contributed by atoms with van der Waals surface area (Å²) in [5.74, 6) is 0.122. The van der Waals surface area contributed by atoms with Gasteiger partial charge >= 0.3 is 0 Å². The summed E-state index contributed by atoms with van der Waals surface area (Å²) in [6.07, 6.45) is 1.76. The van der Waals surface area contributed by atoms with Gasteiger partial charge in [-0.1, -0.05) is 35.3 Å². The second kappa shape index (κ2) is 8.26. The van der Waals surface area contributed by atoms with Crippen LogP contribution >= 0.6 is 23.2 Å². The Kier molecular flexibility index (Phi) is 5.28. The molecule has 6 rings (SSSR count). The number of pyridine rings is 1. The molecule has 10 heteroatoms. The number of fused-ring (bicyclic) bond motifs is 3. The molecule has 4 aromatic rings. The van der Waals surface area contributed by atoms with Crippen LogP contribution in [0.15, 0.2) is 53.6 Å². The zero-order valence-corrected chi connectivity index (χ0v) is 19.8. The van der Waals surface area contributed by atoms with Gasteiger partial charge in [0.05, 0.1) is 32.2 Å². The lowest BCUT2D eigenvalue weighted by molar-refractivity contribution is 0.152. The number of rotatable bonds is 4. The maximum atomic E-state index is 14.1. The minimum absolute atomic E-state index is 0.0605. The minimum Gasteiger partial charge on any atom is -0.324 e. The molecule has 1 spiro atoms. The molecule has 0 atom stereocenters. The van der Waals surface area contributed by atoms with Crippen molar-refractivity contribution in [3.8, 4) is 5.69 Å². The maximum absolute atomic E-state index is 14.1. The molecule has 6 nitrogen and oxygen atoms in total. The first-order chi connectivity index (χ1) is 16.9. The minimum atomic E-state index is -2.89. The van der Waals surface area contributed by atoms with E-state index in [0.29, 0.717) is 0 Å². The zero-order chi connectivity index (χ0) is 24.3. The van der Waals surface area contributed by atoms with Gasteiger partial charge in [-0.15, -0.1) is 0 Å².